The Morgan fingerprint density at radius 3 is 2.81 bits per heavy atom. The second-order valence-electron chi connectivity index (χ2n) is 6.86. The van der Waals surface area contributed by atoms with Gasteiger partial charge >= 0.3 is 0 Å². The highest BCUT2D eigenvalue weighted by atomic mass is 19.2. The number of hydrogen-bond acceptors (Lipinski definition) is 5. The molecule has 0 unspecified atom stereocenters. The van der Waals surface area contributed by atoms with Crippen LogP contribution in [0.2, 0.25) is 0 Å². The lowest BCUT2D eigenvalue weighted by atomic mass is 9.95. The standard InChI is InChI=1S/C18H17F2N3O3/c1-10-8-18(2,26-21-10)17(24)23-6-5-15-12(9-23)16(22-25-15)11-3-4-13(19)14(20)7-11/h3-4,7H,5-6,8-9H2,1-2H3/t18-/m0/s1. The number of nitrogens with zero attached hydrogens (tertiary/aromatic N) is 3. The van der Waals surface area contributed by atoms with E-state index in [0.29, 0.717) is 42.0 Å². The van der Waals surface area contributed by atoms with Crippen molar-refractivity contribution in [2.24, 2.45) is 5.16 Å². The van der Waals surface area contributed by atoms with Gasteiger partial charge in [-0.15, -0.1) is 0 Å². The summed E-state index contributed by atoms with van der Waals surface area (Å²) in [5.41, 5.74) is 1.29. The summed E-state index contributed by atoms with van der Waals surface area (Å²) >= 11 is 0. The fourth-order valence-corrected chi connectivity index (χ4v) is 3.43. The zero-order valence-corrected chi connectivity index (χ0v) is 14.4. The smallest absolute Gasteiger partial charge is 0.270 e. The van der Waals surface area contributed by atoms with Gasteiger partial charge in [0.1, 0.15) is 11.5 Å². The fourth-order valence-electron chi connectivity index (χ4n) is 3.43. The van der Waals surface area contributed by atoms with E-state index in [9.17, 15) is 13.6 Å². The zero-order valence-electron chi connectivity index (χ0n) is 14.4. The van der Waals surface area contributed by atoms with E-state index in [-0.39, 0.29) is 12.5 Å². The summed E-state index contributed by atoms with van der Waals surface area (Å²) in [7, 11) is 0. The van der Waals surface area contributed by atoms with Crippen molar-refractivity contribution in [2.75, 3.05) is 6.54 Å². The van der Waals surface area contributed by atoms with E-state index in [1.165, 1.54) is 6.07 Å². The summed E-state index contributed by atoms with van der Waals surface area (Å²) in [4.78, 5) is 19.9. The highest BCUT2D eigenvalue weighted by molar-refractivity contribution is 5.94. The van der Waals surface area contributed by atoms with Crippen molar-refractivity contribution in [3.63, 3.8) is 0 Å². The molecule has 26 heavy (non-hydrogen) atoms. The molecule has 136 valence electrons. The molecule has 0 aliphatic carbocycles. The first-order valence-corrected chi connectivity index (χ1v) is 8.31. The minimum atomic E-state index is -1.01. The molecule has 2 aliphatic rings. The molecule has 0 saturated carbocycles. The Labute approximate surface area is 148 Å². The summed E-state index contributed by atoms with van der Waals surface area (Å²) in [5, 5.41) is 7.89. The second kappa shape index (κ2) is 5.89. The first-order chi connectivity index (χ1) is 12.4. The topological polar surface area (TPSA) is 67.9 Å². The van der Waals surface area contributed by atoms with E-state index < -0.39 is 17.2 Å². The van der Waals surface area contributed by atoms with E-state index in [1.807, 2.05) is 6.92 Å². The molecule has 1 amide bonds. The van der Waals surface area contributed by atoms with Gasteiger partial charge in [0.15, 0.2) is 11.6 Å². The third kappa shape index (κ3) is 2.65. The minimum Gasteiger partial charge on any atom is -0.379 e. The molecule has 8 heteroatoms. The summed E-state index contributed by atoms with van der Waals surface area (Å²) < 4.78 is 32.1. The molecule has 3 heterocycles. The van der Waals surface area contributed by atoms with Crippen LogP contribution in [-0.2, 0) is 22.6 Å². The molecular formula is C18H17F2N3O3. The van der Waals surface area contributed by atoms with Gasteiger partial charge in [-0.1, -0.05) is 10.3 Å². The lowest BCUT2D eigenvalue weighted by molar-refractivity contribution is -0.154. The van der Waals surface area contributed by atoms with E-state index in [4.69, 9.17) is 9.36 Å². The number of halogens is 2. The van der Waals surface area contributed by atoms with Crippen LogP contribution >= 0.6 is 0 Å². The minimum absolute atomic E-state index is 0.166. The Balaban J connectivity index is 1.62. The average molecular weight is 361 g/mol. The maximum atomic E-state index is 13.6. The number of carbonyl (C=O) groups is 1. The number of oxime groups is 1. The first-order valence-electron chi connectivity index (χ1n) is 8.31. The third-order valence-electron chi connectivity index (χ3n) is 4.76. The Morgan fingerprint density at radius 2 is 2.12 bits per heavy atom. The summed E-state index contributed by atoms with van der Waals surface area (Å²) in [6.45, 7) is 4.27. The Hall–Kier alpha value is -2.77. The maximum Gasteiger partial charge on any atom is 0.270 e. The van der Waals surface area contributed by atoms with E-state index in [0.717, 1.165) is 17.8 Å². The van der Waals surface area contributed by atoms with Gasteiger partial charge < -0.3 is 14.3 Å². The van der Waals surface area contributed by atoms with E-state index in [2.05, 4.69) is 10.3 Å². The predicted molar refractivity (Wildman–Crippen MR) is 88.2 cm³/mol. The SMILES string of the molecule is CC1=NO[C@](C)(C(=O)N2CCc3onc(-c4ccc(F)c(F)c4)c3C2)C1. The van der Waals surface area contributed by atoms with Crippen LogP contribution in [0.25, 0.3) is 11.3 Å². The van der Waals surface area contributed by atoms with Crippen LogP contribution in [0.5, 0.6) is 0 Å². The van der Waals surface area contributed by atoms with Crippen LogP contribution in [-0.4, -0.2) is 33.8 Å². The van der Waals surface area contributed by atoms with Crippen LogP contribution in [0.3, 0.4) is 0 Å². The van der Waals surface area contributed by atoms with Gasteiger partial charge in [0.2, 0.25) is 5.60 Å². The molecule has 2 aliphatic heterocycles. The monoisotopic (exact) mass is 361 g/mol. The van der Waals surface area contributed by atoms with Gasteiger partial charge in [-0.3, -0.25) is 4.79 Å². The Morgan fingerprint density at radius 1 is 1.31 bits per heavy atom. The van der Waals surface area contributed by atoms with Gasteiger partial charge in [0, 0.05) is 30.5 Å². The van der Waals surface area contributed by atoms with Crippen molar-refractivity contribution >= 4 is 11.6 Å². The molecule has 0 radical (unpaired) electrons. The molecule has 1 aromatic heterocycles. The first kappa shape index (κ1) is 16.7. The maximum absolute atomic E-state index is 13.6. The molecule has 2 aromatic rings. The van der Waals surface area contributed by atoms with Crippen molar-refractivity contribution < 1.29 is 22.9 Å². The van der Waals surface area contributed by atoms with Crippen LogP contribution < -0.4 is 0 Å². The Bertz CT molecular complexity index is 924. The highest BCUT2D eigenvalue weighted by Gasteiger charge is 2.44. The fraction of sp³-hybridized carbons (Fsp3) is 0.389. The normalized spacial score (nSPS) is 22.0. The number of carbonyl (C=O) groups excluding carboxylic acids is 1. The van der Waals surface area contributed by atoms with E-state index in [1.54, 1.807) is 11.8 Å². The molecule has 1 atom stereocenters. The van der Waals surface area contributed by atoms with Crippen molar-refractivity contribution in [2.45, 2.75) is 38.8 Å². The predicted octanol–water partition coefficient (Wildman–Crippen LogP) is 3.06. The number of benzene rings is 1. The quantitative estimate of drug-likeness (QED) is 0.824. The van der Waals surface area contributed by atoms with Crippen molar-refractivity contribution in [3.8, 4) is 11.3 Å². The lowest BCUT2D eigenvalue weighted by Crippen LogP contribution is -2.48. The van der Waals surface area contributed by atoms with Gasteiger partial charge in [0.25, 0.3) is 5.91 Å². The van der Waals surface area contributed by atoms with Crippen LogP contribution in [0, 0.1) is 11.6 Å². The molecule has 0 saturated heterocycles. The number of aromatic nitrogens is 1. The van der Waals surface area contributed by atoms with Gasteiger partial charge in [-0.2, -0.15) is 0 Å². The van der Waals surface area contributed by atoms with Gasteiger partial charge in [0.05, 0.1) is 12.3 Å². The Kier molecular flexibility index (Phi) is 3.78. The van der Waals surface area contributed by atoms with Crippen LogP contribution in [0.15, 0.2) is 27.9 Å². The molecule has 6 nitrogen and oxygen atoms in total. The number of rotatable bonds is 2. The summed E-state index contributed by atoms with van der Waals surface area (Å²) in [5.74, 6) is -1.40. The number of amides is 1. The highest BCUT2D eigenvalue weighted by Crippen LogP contribution is 2.33. The summed E-state index contributed by atoms with van der Waals surface area (Å²) in [6.07, 6.45) is 0.933. The lowest BCUT2D eigenvalue weighted by Gasteiger charge is -2.32. The second-order valence-corrected chi connectivity index (χ2v) is 6.86. The van der Waals surface area contributed by atoms with Crippen molar-refractivity contribution in [3.05, 3.63) is 41.2 Å². The largest absolute Gasteiger partial charge is 0.379 e. The third-order valence-corrected chi connectivity index (χ3v) is 4.76. The summed E-state index contributed by atoms with van der Waals surface area (Å²) in [6, 6.07) is 3.56. The zero-order chi connectivity index (χ0) is 18.5. The van der Waals surface area contributed by atoms with Crippen LogP contribution in [0.4, 0.5) is 8.78 Å². The number of fused-ring (bicyclic) bond motifs is 1. The molecular weight excluding hydrogens is 344 g/mol. The van der Waals surface area contributed by atoms with Crippen molar-refractivity contribution in [1.82, 2.24) is 10.1 Å². The molecule has 4 rings (SSSR count). The van der Waals surface area contributed by atoms with Gasteiger partial charge in [-0.05, 0) is 32.0 Å². The number of hydrogen-bond donors (Lipinski definition) is 0. The molecule has 0 N–H and O–H groups in total. The van der Waals surface area contributed by atoms with Gasteiger partial charge in [-0.25, -0.2) is 8.78 Å². The van der Waals surface area contributed by atoms with E-state index >= 15 is 0 Å². The van der Waals surface area contributed by atoms with Crippen LogP contribution in [0.1, 0.15) is 31.6 Å². The van der Waals surface area contributed by atoms with Crippen molar-refractivity contribution in [1.29, 1.82) is 0 Å². The average Bonchev–Trinajstić information content (AvgIpc) is 3.20. The molecule has 1 aromatic carbocycles. The molecule has 0 spiro atoms. The molecule has 0 fully saturated rings. The molecule has 0 bridgehead atoms.